The highest BCUT2D eigenvalue weighted by atomic mass is 16.5. The summed E-state index contributed by atoms with van der Waals surface area (Å²) in [5, 5.41) is 5.79. The monoisotopic (exact) mass is 496 g/mol. The molecule has 0 spiro atoms. The molecule has 10 nitrogen and oxygen atoms in total. The second-order valence-electron chi connectivity index (χ2n) is 8.66. The second kappa shape index (κ2) is 11.6. The van der Waals surface area contributed by atoms with Crippen molar-refractivity contribution < 1.29 is 19.1 Å². The van der Waals surface area contributed by atoms with Crippen molar-refractivity contribution in [3.05, 3.63) is 68.4 Å². The third kappa shape index (κ3) is 5.76. The lowest BCUT2D eigenvalue weighted by molar-refractivity contribution is -0.122. The van der Waals surface area contributed by atoms with Crippen LogP contribution in [0.25, 0.3) is 10.9 Å². The highest BCUT2D eigenvalue weighted by Crippen LogP contribution is 2.30. The lowest BCUT2D eigenvalue weighted by atomic mass is 10.1. The number of carbonyl (C=O) groups excluding carboxylic acids is 2. The van der Waals surface area contributed by atoms with Crippen molar-refractivity contribution in [3.8, 4) is 11.5 Å². The van der Waals surface area contributed by atoms with Crippen LogP contribution in [-0.2, 0) is 17.9 Å². The first-order chi connectivity index (χ1) is 17.2. The fourth-order valence-electron chi connectivity index (χ4n) is 3.83. The van der Waals surface area contributed by atoms with Crippen LogP contribution in [0.1, 0.15) is 43.1 Å². The minimum Gasteiger partial charge on any atom is -0.493 e. The molecule has 2 aromatic carbocycles. The molecule has 3 rings (SSSR count). The minimum absolute atomic E-state index is 0.0371. The first-order valence-corrected chi connectivity index (χ1v) is 11.8. The van der Waals surface area contributed by atoms with E-state index < -0.39 is 11.2 Å². The molecule has 192 valence electrons. The van der Waals surface area contributed by atoms with Crippen molar-refractivity contribution >= 4 is 22.7 Å². The lowest BCUT2D eigenvalue weighted by Gasteiger charge is -2.17. The number of fused-ring (bicyclic) bond motifs is 1. The van der Waals surface area contributed by atoms with Crippen molar-refractivity contribution in [2.75, 3.05) is 20.8 Å². The van der Waals surface area contributed by atoms with Crippen LogP contribution < -0.4 is 31.4 Å². The number of carbonyl (C=O) groups is 2. The summed E-state index contributed by atoms with van der Waals surface area (Å²) in [5.41, 5.74) is 0.238. The Hall–Kier alpha value is -4.08. The highest BCUT2D eigenvalue weighted by Gasteiger charge is 2.19. The number of methoxy groups -OCH3 is 2. The Morgan fingerprint density at radius 2 is 1.61 bits per heavy atom. The van der Waals surface area contributed by atoms with E-state index in [1.54, 1.807) is 24.3 Å². The molecule has 0 fully saturated rings. The maximum atomic E-state index is 13.5. The smallest absolute Gasteiger partial charge is 0.332 e. The van der Waals surface area contributed by atoms with Gasteiger partial charge in [-0.1, -0.05) is 19.1 Å². The molecule has 2 N–H and O–H groups in total. The topological polar surface area (TPSA) is 121 Å². The van der Waals surface area contributed by atoms with Crippen molar-refractivity contribution in [3.63, 3.8) is 0 Å². The summed E-state index contributed by atoms with van der Waals surface area (Å²) >= 11 is 0. The zero-order valence-electron chi connectivity index (χ0n) is 21.2. The number of hydrogen-bond acceptors (Lipinski definition) is 6. The van der Waals surface area contributed by atoms with Gasteiger partial charge in [0.2, 0.25) is 5.91 Å². The Morgan fingerprint density at radius 1 is 0.972 bits per heavy atom. The number of ether oxygens (including phenoxy) is 2. The normalized spacial score (nSPS) is 10.9. The molecular weight excluding hydrogens is 464 g/mol. The van der Waals surface area contributed by atoms with Crippen molar-refractivity contribution in [2.24, 2.45) is 0 Å². The second-order valence-corrected chi connectivity index (χ2v) is 8.66. The van der Waals surface area contributed by atoms with E-state index in [0.717, 1.165) is 11.0 Å². The first-order valence-electron chi connectivity index (χ1n) is 11.8. The molecule has 0 atom stereocenters. The number of hydrogen-bond donors (Lipinski definition) is 2. The predicted molar refractivity (Wildman–Crippen MR) is 137 cm³/mol. The molecule has 0 saturated carbocycles. The van der Waals surface area contributed by atoms with Gasteiger partial charge in [-0.05, 0) is 44.0 Å². The Balaban J connectivity index is 2.11. The van der Waals surface area contributed by atoms with E-state index in [1.165, 1.54) is 30.9 Å². The van der Waals surface area contributed by atoms with E-state index in [2.05, 4.69) is 10.6 Å². The molecule has 1 heterocycles. The Bertz CT molecular complexity index is 1370. The van der Waals surface area contributed by atoms with Gasteiger partial charge in [0.1, 0.15) is 6.54 Å². The fraction of sp³-hybridized carbons (Fsp3) is 0.385. The summed E-state index contributed by atoms with van der Waals surface area (Å²) in [6.07, 6.45) is 0.826. The largest absolute Gasteiger partial charge is 0.493 e. The van der Waals surface area contributed by atoms with Crippen LogP contribution in [0.3, 0.4) is 0 Å². The van der Waals surface area contributed by atoms with Gasteiger partial charge in [-0.15, -0.1) is 0 Å². The number of benzene rings is 2. The average molecular weight is 497 g/mol. The molecule has 0 aliphatic carbocycles. The van der Waals surface area contributed by atoms with Gasteiger partial charge in [0.05, 0.1) is 31.7 Å². The number of nitrogens with one attached hydrogen (secondary N) is 2. The predicted octanol–water partition coefficient (Wildman–Crippen LogP) is 1.89. The Morgan fingerprint density at radius 3 is 2.19 bits per heavy atom. The summed E-state index contributed by atoms with van der Waals surface area (Å²) in [4.78, 5) is 51.7. The number of nitrogens with zero attached hydrogens (tertiary/aromatic N) is 2. The summed E-state index contributed by atoms with van der Waals surface area (Å²) in [5.74, 6) is 0.103. The van der Waals surface area contributed by atoms with Crippen molar-refractivity contribution in [1.29, 1.82) is 0 Å². The van der Waals surface area contributed by atoms with Crippen molar-refractivity contribution in [1.82, 2.24) is 19.8 Å². The molecule has 0 radical (unpaired) electrons. The lowest BCUT2D eigenvalue weighted by Crippen LogP contribution is -2.43. The molecule has 3 aromatic rings. The van der Waals surface area contributed by atoms with E-state index in [-0.39, 0.29) is 41.8 Å². The quantitative estimate of drug-likeness (QED) is 0.442. The molecule has 2 amide bonds. The Kier molecular flexibility index (Phi) is 8.52. The number of aromatic nitrogens is 2. The number of amides is 2. The van der Waals surface area contributed by atoms with Gasteiger partial charge in [-0.25, -0.2) is 4.79 Å². The van der Waals surface area contributed by atoms with E-state index in [9.17, 15) is 19.2 Å². The molecule has 0 aliphatic rings. The zero-order chi connectivity index (χ0) is 26.4. The van der Waals surface area contributed by atoms with Gasteiger partial charge < -0.3 is 20.1 Å². The third-order valence-electron chi connectivity index (χ3n) is 5.57. The molecule has 10 heteroatoms. The molecule has 0 aliphatic heterocycles. The van der Waals surface area contributed by atoms with E-state index >= 15 is 0 Å². The van der Waals surface area contributed by atoms with Crippen LogP contribution in [0.4, 0.5) is 0 Å². The minimum atomic E-state index is -0.636. The Labute approximate surface area is 208 Å². The highest BCUT2D eigenvalue weighted by molar-refractivity contribution is 5.94. The van der Waals surface area contributed by atoms with Crippen LogP contribution in [0, 0.1) is 0 Å². The maximum Gasteiger partial charge on any atom is 0.332 e. The van der Waals surface area contributed by atoms with Crippen LogP contribution in [0.2, 0.25) is 0 Å². The van der Waals surface area contributed by atoms with Crippen LogP contribution in [0.5, 0.6) is 11.5 Å². The summed E-state index contributed by atoms with van der Waals surface area (Å²) < 4.78 is 13.0. The van der Waals surface area contributed by atoms with Gasteiger partial charge in [-0.3, -0.25) is 23.5 Å². The van der Waals surface area contributed by atoms with E-state index in [1.807, 2.05) is 20.8 Å². The molecule has 0 saturated heterocycles. The summed E-state index contributed by atoms with van der Waals surface area (Å²) in [6.45, 7) is 5.87. The van der Waals surface area contributed by atoms with Crippen LogP contribution in [-0.4, -0.2) is 47.8 Å². The summed E-state index contributed by atoms with van der Waals surface area (Å²) in [7, 11) is 2.90. The molecule has 1 aromatic heterocycles. The zero-order valence-corrected chi connectivity index (χ0v) is 21.2. The maximum absolute atomic E-state index is 13.5. The van der Waals surface area contributed by atoms with E-state index in [4.69, 9.17) is 9.47 Å². The van der Waals surface area contributed by atoms with Gasteiger partial charge in [-0.2, -0.15) is 0 Å². The van der Waals surface area contributed by atoms with Gasteiger partial charge in [0.25, 0.3) is 11.5 Å². The SMILES string of the molecule is CCCNC(=O)c1ccc(Cn2c(=O)c3cc(OC)c(OC)cc3n(CC(=O)NC(C)C)c2=O)cc1. The molecule has 36 heavy (non-hydrogen) atoms. The molecular formula is C26H32N4O6. The number of rotatable bonds is 10. The van der Waals surface area contributed by atoms with Gasteiger partial charge >= 0.3 is 5.69 Å². The van der Waals surface area contributed by atoms with E-state index in [0.29, 0.717) is 29.2 Å². The average Bonchev–Trinajstić information content (AvgIpc) is 2.86. The van der Waals surface area contributed by atoms with Crippen LogP contribution in [0.15, 0.2) is 46.0 Å². The van der Waals surface area contributed by atoms with Crippen LogP contribution >= 0.6 is 0 Å². The third-order valence-corrected chi connectivity index (χ3v) is 5.57. The first kappa shape index (κ1) is 26.5. The van der Waals surface area contributed by atoms with Gasteiger partial charge in [0, 0.05) is 24.2 Å². The molecule has 0 unspecified atom stereocenters. The van der Waals surface area contributed by atoms with Gasteiger partial charge in [0.15, 0.2) is 11.5 Å². The molecule has 0 bridgehead atoms. The fourth-order valence-corrected chi connectivity index (χ4v) is 3.83. The van der Waals surface area contributed by atoms with Crippen molar-refractivity contribution in [2.45, 2.75) is 46.3 Å². The standard InChI is InChI=1S/C26H32N4O6/c1-6-11-27-24(32)18-9-7-17(8-10-18)14-30-25(33)19-12-21(35-4)22(36-5)13-20(19)29(26(30)34)15-23(31)28-16(2)3/h7-10,12-13,16H,6,11,14-15H2,1-5H3,(H,27,32)(H,28,31). The summed E-state index contributed by atoms with van der Waals surface area (Å²) in [6, 6.07) is 9.60.